The molecule has 0 N–H and O–H groups in total. The Morgan fingerprint density at radius 3 is 2.67 bits per heavy atom. The summed E-state index contributed by atoms with van der Waals surface area (Å²) in [6.07, 6.45) is 6.78. The number of aromatic nitrogens is 3. The molecule has 6 nitrogen and oxygen atoms in total. The summed E-state index contributed by atoms with van der Waals surface area (Å²) < 4.78 is 32.5. The van der Waals surface area contributed by atoms with Crippen molar-refractivity contribution in [1.29, 1.82) is 0 Å². The summed E-state index contributed by atoms with van der Waals surface area (Å²) in [4.78, 5) is 4.43. The van der Waals surface area contributed by atoms with Gasteiger partial charge in [-0.2, -0.15) is 0 Å². The van der Waals surface area contributed by atoms with Crippen LogP contribution in [-0.4, -0.2) is 27.8 Å². The zero-order valence-corrected chi connectivity index (χ0v) is 14.5. The van der Waals surface area contributed by atoms with Crippen LogP contribution in [0.4, 0.5) is 0 Å². The van der Waals surface area contributed by atoms with E-state index in [1.807, 2.05) is 19.9 Å². The molecule has 1 fully saturated rings. The van der Waals surface area contributed by atoms with Gasteiger partial charge in [0.05, 0.1) is 22.0 Å². The lowest BCUT2D eigenvalue weighted by Gasteiger charge is -2.13. The van der Waals surface area contributed by atoms with Crippen LogP contribution in [0.3, 0.4) is 0 Å². The van der Waals surface area contributed by atoms with Gasteiger partial charge < -0.3 is 4.52 Å². The van der Waals surface area contributed by atoms with Crippen molar-refractivity contribution < 1.29 is 12.9 Å². The van der Waals surface area contributed by atoms with E-state index in [0.29, 0.717) is 16.8 Å². The minimum absolute atomic E-state index is 0.296. The van der Waals surface area contributed by atoms with Crippen molar-refractivity contribution >= 4 is 21.1 Å². The number of nitrogens with zero attached hydrogens (tertiary/aromatic N) is 3. The van der Waals surface area contributed by atoms with Gasteiger partial charge in [-0.05, 0) is 38.8 Å². The minimum Gasteiger partial charge on any atom is -0.361 e. The third-order valence-electron chi connectivity index (χ3n) is 4.82. The predicted octanol–water partition coefficient (Wildman–Crippen LogP) is 3.43. The summed E-state index contributed by atoms with van der Waals surface area (Å²) in [5.41, 5.74) is 3.74. The standard InChI is InChI=1S/C17H19N3O3S/c1-11-17(12(2)23-19-11)13-9-16-15(18-10-13)7-8-20(16)24(21,22)14-5-3-4-6-14/h7-10,14H,3-6H2,1-2H3. The largest absolute Gasteiger partial charge is 0.361 e. The molecule has 3 heterocycles. The van der Waals surface area contributed by atoms with Crippen LogP contribution >= 0.6 is 0 Å². The van der Waals surface area contributed by atoms with Gasteiger partial charge >= 0.3 is 0 Å². The molecule has 0 unspecified atom stereocenters. The fraction of sp³-hybridized carbons (Fsp3) is 0.412. The van der Waals surface area contributed by atoms with Gasteiger partial charge in [-0.25, -0.2) is 12.4 Å². The van der Waals surface area contributed by atoms with Gasteiger partial charge in [0.15, 0.2) is 0 Å². The summed E-state index contributed by atoms with van der Waals surface area (Å²) in [6.45, 7) is 3.71. The number of hydrogen-bond acceptors (Lipinski definition) is 5. The quantitative estimate of drug-likeness (QED) is 0.727. The molecule has 0 saturated heterocycles. The van der Waals surface area contributed by atoms with Gasteiger partial charge in [-0.3, -0.25) is 4.98 Å². The van der Waals surface area contributed by atoms with E-state index in [2.05, 4.69) is 10.1 Å². The molecule has 0 radical (unpaired) electrons. The fourth-order valence-electron chi connectivity index (χ4n) is 3.59. The summed E-state index contributed by atoms with van der Waals surface area (Å²) in [5, 5.41) is 3.67. The molecule has 0 aliphatic heterocycles. The highest BCUT2D eigenvalue weighted by Crippen LogP contribution is 2.31. The molecular weight excluding hydrogens is 326 g/mol. The first kappa shape index (κ1) is 15.4. The lowest BCUT2D eigenvalue weighted by Crippen LogP contribution is -2.24. The molecule has 7 heteroatoms. The molecule has 4 rings (SSSR count). The summed E-state index contributed by atoms with van der Waals surface area (Å²) in [5.74, 6) is 0.699. The van der Waals surface area contributed by atoms with Gasteiger partial charge in [0.1, 0.15) is 5.76 Å². The number of rotatable bonds is 3. The van der Waals surface area contributed by atoms with Crippen molar-refractivity contribution in [2.75, 3.05) is 0 Å². The van der Waals surface area contributed by atoms with E-state index in [1.54, 1.807) is 18.5 Å². The fourth-order valence-corrected chi connectivity index (χ4v) is 5.49. The molecule has 126 valence electrons. The normalized spacial score (nSPS) is 16.2. The van der Waals surface area contributed by atoms with Crippen molar-refractivity contribution in [3.8, 4) is 11.1 Å². The summed E-state index contributed by atoms with van der Waals surface area (Å²) >= 11 is 0. The van der Waals surface area contributed by atoms with Crippen LogP contribution in [0.2, 0.25) is 0 Å². The lowest BCUT2D eigenvalue weighted by molar-refractivity contribution is 0.393. The molecule has 24 heavy (non-hydrogen) atoms. The van der Waals surface area contributed by atoms with Crippen LogP contribution in [0.15, 0.2) is 29.0 Å². The highest BCUT2D eigenvalue weighted by molar-refractivity contribution is 7.90. The number of aryl methyl sites for hydroxylation is 2. The Balaban J connectivity index is 1.88. The SMILES string of the molecule is Cc1noc(C)c1-c1cnc2ccn(S(=O)(=O)C3CCCC3)c2c1. The molecule has 1 aliphatic rings. The van der Waals surface area contributed by atoms with Crippen molar-refractivity contribution in [2.45, 2.75) is 44.8 Å². The van der Waals surface area contributed by atoms with Crippen LogP contribution in [0.1, 0.15) is 37.1 Å². The average Bonchev–Trinajstić information content (AvgIpc) is 3.27. The maximum absolute atomic E-state index is 12.9. The van der Waals surface area contributed by atoms with Crippen LogP contribution in [0.5, 0.6) is 0 Å². The molecule has 0 atom stereocenters. The number of fused-ring (bicyclic) bond motifs is 1. The zero-order valence-electron chi connectivity index (χ0n) is 13.7. The molecular formula is C17H19N3O3S. The Hall–Kier alpha value is -2.15. The van der Waals surface area contributed by atoms with Crippen LogP contribution in [0.25, 0.3) is 22.2 Å². The summed E-state index contributed by atoms with van der Waals surface area (Å²) in [6, 6.07) is 3.61. The van der Waals surface area contributed by atoms with E-state index in [0.717, 1.165) is 42.5 Å². The molecule has 1 saturated carbocycles. The number of pyridine rings is 1. The van der Waals surface area contributed by atoms with Crippen LogP contribution in [-0.2, 0) is 10.0 Å². The Labute approximate surface area is 140 Å². The first-order valence-corrected chi connectivity index (χ1v) is 9.63. The van der Waals surface area contributed by atoms with Crippen molar-refractivity contribution in [3.63, 3.8) is 0 Å². The third-order valence-corrected chi connectivity index (χ3v) is 7.00. The van der Waals surface area contributed by atoms with Gasteiger partial charge in [-0.15, -0.1) is 0 Å². The van der Waals surface area contributed by atoms with Gasteiger partial charge in [0.25, 0.3) is 0 Å². The Bertz CT molecular complexity index is 992. The topological polar surface area (TPSA) is 78.0 Å². The molecule has 1 aliphatic carbocycles. The molecule has 3 aromatic heterocycles. The first-order valence-electron chi connectivity index (χ1n) is 8.13. The highest BCUT2D eigenvalue weighted by Gasteiger charge is 2.31. The first-order chi connectivity index (χ1) is 11.5. The monoisotopic (exact) mass is 345 g/mol. The van der Waals surface area contributed by atoms with Gasteiger partial charge in [0, 0.05) is 23.5 Å². The Morgan fingerprint density at radius 2 is 2.00 bits per heavy atom. The third kappa shape index (κ3) is 2.26. The number of hydrogen-bond donors (Lipinski definition) is 0. The summed E-state index contributed by atoms with van der Waals surface area (Å²) in [7, 11) is -3.39. The van der Waals surface area contributed by atoms with Gasteiger partial charge in [0.2, 0.25) is 10.0 Å². The zero-order chi connectivity index (χ0) is 16.9. The van der Waals surface area contributed by atoms with E-state index in [4.69, 9.17) is 4.52 Å². The second-order valence-electron chi connectivity index (χ2n) is 6.39. The van der Waals surface area contributed by atoms with E-state index in [9.17, 15) is 8.42 Å². The lowest BCUT2D eigenvalue weighted by atomic mass is 10.1. The molecule has 0 spiro atoms. The van der Waals surface area contributed by atoms with Gasteiger partial charge in [-0.1, -0.05) is 18.0 Å². The smallest absolute Gasteiger partial charge is 0.241 e. The molecule has 0 aromatic carbocycles. The maximum Gasteiger partial charge on any atom is 0.241 e. The van der Waals surface area contributed by atoms with Crippen molar-refractivity contribution in [2.24, 2.45) is 0 Å². The van der Waals surface area contributed by atoms with E-state index in [1.165, 1.54) is 3.97 Å². The maximum atomic E-state index is 12.9. The van der Waals surface area contributed by atoms with Crippen LogP contribution < -0.4 is 0 Å². The van der Waals surface area contributed by atoms with E-state index >= 15 is 0 Å². The van der Waals surface area contributed by atoms with Crippen molar-refractivity contribution in [3.05, 3.63) is 36.0 Å². The van der Waals surface area contributed by atoms with E-state index in [-0.39, 0.29) is 5.25 Å². The minimum atomic E-state index is -3.39. The van der Waals surface area contributed by atoms with Crippen LogP contribution in [0, 0.1) is 13.8 Å². The van der Waals surface area contributed by atoms with E-state index < -0.39 is 10.0 Å². The van der Waals surface area contributed by atoms with Crippen molar-refractivity contribution in [1.82, 2.24) is 14.1 Å². The Kier molecular flexibility index (Phi) is 3.49. The Morgan fingerprint density at radius 1 is 1.25 bits per heavy atom. The molecule has 0 amide bonds. The highest BCUT2D eigenvalue weighted by atomic mass is 32.2. The predicted molar refractivity (Wildman–Crippen MR) is 91.3 cm³/mol. The second-order valence-corrected chi connectivity index (χ2v) is 8.48. The average molecular weight is 345 g/mol. The molecule has 0 bridgehead atoms. The molecule has 3 aromatic rings. The second kappa shape index (κ2) is 5.44.